The number of hydrogen-bond donors (Lipinski definition) is 0. The first-order chi connectivity index (χ1) is 14.1. The Morgan fingerprint density at radius 3 is 1.37 bits per heavy atom. The fourth-order valence-corrected chi connectivity index (χ4v) is 4.52. The lowest BCUT2D eigenvalue weighted by Gasteiger charge is -2.23. The van der Waals surface area contributed by atoms with Gasteiger partial charge in [-0.25, -0.2) is 0 Å². The van der Waals surface area contributed by atoms with Crippen LogP contribution in [0.4, 0.5) is 0 Å². The monoisotopic (exact) mass is 424 g/mol. The molecule has 5 heteroatoms. The molecule has 3 aromatic carbocycles. The van der Waals surface area contributed by atoms with Gasteiger partial charge in [-0.15, -0.1) is 0 Å². The van der Waals surface area contributed by atoms with Crippen LogP contribution in [0.3, 0.4) is 0 Å². The van der Waals surface area contributed by atoms with Gasteiger partial charge in [-0.3, -0.25) is 0 Å². The highest BCUT2D eigenvalue weighted by Crippen LogP contribution is 2.52. The van der Waals surface area contributed by atoms with E-state index in [0.717, 1.165) is 38.9 Å². The second kappa shape index (κ2) is 8.57. The van der Waals surface area contributed by atoms with Crippen molar-refractivity contribution in [2.75, 3.05) is 0 Å². The molecule has 0 atom stereocenters. The van der Waals surface area contributed by atoms with Crippen LogP contribution in [0.2, 0.25) is 0 Å². The molecule has 0 radical (unpaired) electrons. The lowest BCUT2D eigenvalue weighted by molar-refractivity contribution is 0.296. The van der Waals surface area contributed by atoms with Gasteiger partial charge in [0.05, 0.1) is 0 Å². The number of hydrogen-bond acceptors (Lipinski definition) is 4. The number of benzene rings is 3. The molecule has 0 unspecified atom stereocenters. The normalized spacial score (nSPS) is 11.3. The van der Waals surface area contributed by atoms with E-state index in [-0.39, 0.29) is 0 Å². The van der Waals surface area contributed by atoms with Gasteiger partial charge in [0, 0.05) is 0 Å². The molecule has 0 aliphatic carbocycles. The van der Waals surface area contributed by atoms with Crippen LogP contribution in [-0.2, 0) is 4.57 Å². The Balaban J connectivity index is 2.06. The number of phosphoric acid groups is 1. The third-order valence-electron chi connectivity index (χ3n) is 5.75. The number of aryl methyl sites for hydroxylation is 3. The van der Waals surface area contributed by atoms with Gasteiger partial charge >= 0.3 is 7.82 Å². The topological polar surface area (TPSA) is 44.8 Å². The fraction of sp³-hybridized carbons (Fsp3) is 0.280. The maximum absolute atomic E-state index is 13.9. The SMILES string of the molecule is Cc1cccc(OP(=O)(Oc2cccc(C)c2C)Oc2ccc(C)c(C)c2C)c1C. The molecule has 0 N–H and O–H groups in total. The Bertz CT molecular complexity index is 1080. The van der Waals surface area contributed by atoms with Crippen LogP contribution >= 0.6 is 7.82 Å². The van der Waals surface area contributed by atoms with Crippen molar-refractivity contribution in [2.45, 2.75) is 48.5 Å². The summed E-state index contributed by atoms with van der Waals surface area (Å²) in [5, 5.41) is 0. The summed E-state index contributed by atoms with van der Waals surface area (Å²) in [5.41, 5.74) is 6.98. The molecule has 0 aromatic heterocycles. The van der Waals surface area contributed by atoms with Crippen molar-refractivity contribution in [1.29, 1.82) is 0 Å². The predicted octanol–water partition coefficient (Wildman–Crippen LogP) is 7.49. The molecule has 3 rings (SSSR count). The fourth-order valence-electron chi connectivity index (χ4n) is 3.09. The zero-order valence-electron chi connectivity index (χ0n) is 18.7. The summed E-state index contributed by atoms with van der Waals surface area (Å²) in [7, 11) is -4.04. The molecule has 0 amide bonds. The quantitative estimate of drug-likeness (QED) is 0.385. The minimum Gasteiger partial charge on any atom is -0.386 e. The van der Waals surface area contributed by atoms with E-state index in [1.165, 1.54) is 0 Å². The molecule has 0 aliphatic rings. The molecule has 0 aliphatic heterocycles. The van der Waals surface area contributed by atoms with Gasteiger partial charge in [-0.1, -0.05) is 30.3 Å². The summed E-state index contributed by atoms with van der Waals surface area (Å²) in [6.45, 7) is 13.8. The van der Waals surface area contributed by atoms with E-state index < -0.39 is 7.82 Å². The molecule has 30 heavy (non-hydrogen) atoms. The van der Waals surface area contributed by atoms with Crippen LogP contribution in [0.5, 0.6) is 17.2 Å². The summed E-state index contributed by atoms with van der Waals surface area (Å²) < 4.78 is 31.8. The lowest BCUT2D eigenvalue weighted by Crippen LogP contribution is -2.10. The minimum absolute atomic E-state index is 0.477. The van der Waals surface area contributed by atoms with Crippen molar-refractivity contribution in [3.8, 4) is 17.2 Å². The molecule has 0 spiro atoms. The smallest absolute Gasteiger partial charge is 0.386 e. The van der Waals surface area contributed by atoms with Crippen LogP contribution in [0.15, 0.2) is 48.5 Å². The molecular formula is C25H29O4P. The van der Waals surface area contributed by atoms with E-state index >= 15 is 0 Å². The first-order valence-corrected chi connectivity index (χ1v) is 11.5. The Morgan fingerprint density at radius 1 is 0.500 bits per heavy atom. The van der Waals surface area contributed by atoms with Crippen LogP contribution in [0.25, 0.3) is 0 Å². The Labute approximate surface area is 179 Å². The Hall–Kier alpha value is -2.71. The molecule has 0 saturated heterocycles. The highest BCUT2D eigenvalue weighted by Gasteiger charge is 2.35. The third-order valence-corrected chi connectivity index (χ3v) is 7.01. The van der Waals surface area contributed by atoms with Crippen molar-refractivity contribution in [3.05, 3.63) is 87.5 Å². The van der Waals surface area contributed by atoms with E-state index in [1.807, 2.05) is 84.9 Å². The summed E-state index contributed by atoms with van der Waals surface area (Å²) in [4.78, 5) is 0. The number of rotatable bonds is 6. The molecule has 3 aromatic rings. The maximum Gasteiger partial charge on any atom is 0.647 e. The van der Waals surface area contributed by atoms with Gasteiger partial charge in [-0.05, 0) is 106 Å². The van der Waals surface area contributed by atoms with Crippen LogP contribution in [-0.4, -0.2) is 0 Å². The average Bonchev–Trinajstić information content (AvgIpc) is 2.70. The standard InChI is InChI=1S/C25H29O4P/c1-16-10-8-12-23(20(16)5)27-30(26,28-24-13-9-11-17(2)21(24)6)29-25-15-14-18(3)19(4)22(25)7/h8-15H,1-7H3. The molecule has 4 nitrogen and oxygen atoms in total. The van der Waals surface area contributed by atoms with Gasteiger partial charge in [0.15, 0.2) is 0 Å². The average molecular weight is 424 g/mol. The van der Waals surface area contributed by atoms with Gasteiger partial charge in [0.25, 0.3) is 0 Å². The van der Waals surface area contributed by atoms with Gasteiger partial charge < -0.3 is 13.6 Å². The minimum atomic E-state index is -4.04. The summed E-state index contributed by atoms with van der Waals surface area (Å²) in [6, 6.07) is 15.0. The first kappa shape index (κ1) is 22.0. The van der Waals surface area contributed by atoms with Crippen molar-refractivity contribution in [3.63, 3.8) is 0 Å². The van der Waals surface area contributed by atoms with Crippen molar-refractivity contribution >= 4 is 7.82 Å². The zero-order chi connectivity index (χ0) is 22.1. The van der Waals surface area contributed by atoms with Gasteiger partial charge in [0.1, 0.15) is 17.2 Å². The van der Waals surface area contributed by atoms with E-state index in [1.54, 1.807) is 12.1 Å². The third kappa shape index (κ3) is 4.55. The van der Waals surface area contributed by atoms with E-state index in [9.17, 15) is 4.57 Å². The van der Waals surface area contributed by atoms with Crippen LogP contribution < -0.4 is 13.6 Å². The van der Waals surface area contributed by atoms with E-state index in [4.69, 9.17) is 13.6 Å². The van der Waals surface area contributed by atoms with Crippen molar-refractivity contribution < 1.29 is 18.1 Å². The Morgan fingerprint density at radius 2 is 0.900 bits per heavy atom. The highest BCUT2D eigenvalue weighted by atomic mass is 31.2. The largest absolute Gasteiger partial charge is 0.647 e. The summed E-state index contributed by atoms with van der Waals surface area (Å²) in [5.74, 6) is 1.44. The first-order valence-electron chi connectivity index (χ1n) is 9.99. The van der Waals surface area contributed by atoms with Crippen LogP contribution in [0.1, 0.15) is 38.9 Å². The second-order valence-corrected chi connectivity index (χ2v) is 9.19. The number of phosphoric ester groups is 1. The summed E-state index contributed by atoms with van der Waals surface area (Å²) >= 11 is 0. The second-order valence-electron chi connectivity index (χ2n) is 7.75. The molecule has 0 fully saturated rings. The van der Waals surface area contributed by atoms with Crippen molar-refractivity contribution in [1.82, 2.24) is 0 Å². The van der Waals surface area contributed by atoms with Gasteiger partial charge in [0.2, 0.25) is 0 Å². The molecule has 0 saturated carbocycles. The molecule has 0 bridgehead atoms. The van der Waals surface area contributed by atoms with E-state index in [0.29, 0.717) is 17.2 Å². The Kier molecular flexibility index (Phi) is 6.28. The van der Waals surface area contributed by atoms with E-state index in [2.05, 4.69) is 0 Å². The highest BCUT2D eigenvalue weighted by molar-refractivity contribution is 7.49. The molecule has 158 valence electrons. The van der Waals surface area contributed by atoms with Crippen LogP contribution in [0, 0.1) is 48.5 Å². The molecular weight excluding hydrogens is 395 g/mol. The zero-order valence-corrected chi connectivity index (χ0v) is 19.6. The lowest BCUT2D eigenvalue weighted by atomic mass is 10.0. The maximum atomic E-state index is 13.9. The van der Waals surface area contributed by atoms with Crippen molar-refractivity contribution in [2.24, 2.45) is 0 Å². The van der Waals surface area contributed by atoms with Gasteiger partial charge in [-0.2, -0.15) is 4.57 Å². The molecule has 0 heterocycles. The predicted molar refractivity (Wildman–Crippen MR) is 122 cm³/mol. The summed E-state index contributed by atoms with van der Waals surface area (Å²) in [6.07, 6.45) is 0.